The molecule has 0 aromatic heterocycles. The van der Waals surface area contributed by atoms with E-state index in [1.807, 2.05) is 6.07 Å². The molecular weight excluding hydrogens is 226 g/mol. The van der Waals surface area contributed by atoms with Gasteiger partial charge in [0.1, 0.15) is 12.0 Å². The second kappa shape index (κ2) is 5.15. The van der Waals surface area contributed by atoms with Crippen LogP contribution in [-0.4, -0.2) is 13.4 Å². The molecule has 0 fully saturated rings. The van der Waals surface area contributed by atoms with Crippen LogP contribution in [0, 0.1) is 11.3 Å². The van der Waals surface area contributed by atoms with Gasteiger partial charge in [0.2, 0.25) is 0 Å². The molecule has 3 heteroatoms. The highest BCUT2D eigenvalue weighted by Gasteiger charge is 2.07. The summed E-state index contributed by atoms with van der Waals surface area (Å²) in [6, 6.07) is 14.5. The van der Waals surface area contributed by atoms with Crippen LogP contribution in [0.4, 0.5) is 0 Å². The number of benzene rings is 2. The van der Waals surface area contributed by atoms with Crippen molar-refractivity contribution < 1.29 is 9.53 Å². The highest BCUT2D eigenvalue weighted by atomic mass is 16.5. The Balaban J connectivity index is 2.61. The maximum absolute atomic E-state index is 10.8. The maximum atomic E-state index is 10.8. The fourth-order valence-electron chi connectivity index (χ4n) is 1.78. The van der Waals surface area contributed by atoms with E-state index in [-0.39, 0.29) is 0 Å². The van der Waals surface area contributed by atoms with Crippen LogP contribution < -0.4 is 4.74 Å². The summed E-state index contributed by atoms with van der Waals surface area (Å²) in [4.78, 5) is 10.8. The molecule has 88 valence electrons. The standard InChI is InChI=1S/C15H11NO2/c1-18-15-6-5-12(10-17)8-14(15)13-4-2-3-11(7-13)9-16/h2-8,10H,1H3. The summed E-state index contributed by atoms with van der Waals surface area (Å²) >= 11 is 0. The molecule has 0 aliphatic heterocycles. The number of carbonyl (C=O) groups excluding carboxylic acids is 1. The van der Waals surface area contributed by atoms with Gasteiger partial charge in [0, 0.05) is 11.1 Å². The van der Waals surface area contributed by atoms with Crippen molar-refractivity contribution in [2.75, 3.05) is 7.11 Å². The summed E-state index contributed by atoms with van der Waals surface area (Å²) in [5, 5.41) is 8.90. The molecule has 2 aromatic carbocycles. The molecule has 2 aromatic rings. The number of methoxy groups -OCH3 is 1. The largest absolute Gasteiger partial charge is 0.496 e. The van der Waals surface area contributed by atoms with E-state index < -0.39 is 0 Å². The first-order chi connectivity index (χ1) is 8.78. The lowest BCUT2D eigenvalue weighted by atomic mass is 10.0. The minimum Gasteiger partial charge on any atom is -0.496 e. The van der Waals surface area contributed by atoms with Crippen molar-refractivity contribution in [3.05, 3.63) is 53.6 Å². The quantitative estimate of drug-likeness (QED) is 0.771. The van der Waals surface area contributed by atoms with Gasteiger partial charge in [-0.2, -0.15) is 5.26 Å². The number of nitrogens with zero attached hydrogens (tertiary/aromatic N) is 1. The van der Waals surface area contributed by atoms with E-state index in [0.29, 0.717) is 16.9 Å². The van der Waals surface area contributed by atoms with Crippen molar-refractivity contribution in [2.45, 2.75) is 0 Å². The van der Waals surface area contributed by atoms with Crippen LogP contribution in [0.15, 0.2) is 42.5 Å². The fraction of sp³-hybridized carbons (Fsp3) is 0.0667. The summed E-state index contributed by atoms with van der Waals surface area (Å²) in [6.45, 7) is 0. The fourth-order valence-corrected chi connectivity index (χ4v) is 1.78. The highest BCUT2D eigenvalue weighted by Crippen LogP contribution is 2.30. The first-order valence-electron chi connectivity index (χ1n) is 5.42. The summed E-state index contributed by atoms with van der Waals surface area (Å²) in [5.41, 5.74) is 2.81. The SMILES string of the molecule is COc1ccc(C=O)cc1-c1cccc(C#N)c1. The molecule has 2 rings (SSSR count). The Bertz CT molecular complexity index is 627. The van der Waals surface area contributed by atoms with Crippen molar-refractivity contribution >= 4 is 6.29 Å². The Kier molecular flexibility index (Phi) is 3.40. The number of ether oxygens (including phenoxy) is 1. The molecule has 18 heavy (non-hydrogen) atoms. The topological polar surface area (TPSA) is 50.1 Å². The molecular formula is C15H11NO2. The zero-order valence-corrected chi connectivity index (χ0v) is 9.88. The average molecular weight is 237 g/mol. The Labute approximate surface area is 105 Å². The number of nitriles is 1. The van der Waals surface area contributed by atoms with Gasteiger partial charge in [-0.3, -0.25) is 4.79 Å². The number of aldehydes is 1. The average Bonchev–Trinajstić information content (AvgIpc) is 2.46. The van der Waals surface area contributed by atoms with Gasteiger partial charge in [0.05, 0.1) is 18.7 Å². The number of hydrogen-bond donors (Lipinski definition) is 0. The monoisotopic (exact) mass is 237 g/mol. The number of hydrogen-bond acceptors (Lipinski definition) is 3. The lowest BCUT2D eigenvalue weighted by Crippen LogP contribution is -1.90. The van der Waals surface area contributed by atoms with Gasteiger partial charge in [-0.1, -0.05) is 12.1 Å². The molecule has 3 nitrogen and oxygen atoms in total. The Morgan fingerprint density at radius 1 is 1.22 bits per heavy atom. The Hall–Kier alpha value is -2.60. The van der Waals surface area contributed by atoms with Gasteiger partial charge in [-0.15, -0.1) is 0 Å². The number of carbonyl (C=O) groups is 1. The Morgan fingerprint density at radius 2 is 2.06 bits per heavy atom. The van der Waals surface area contributed by atoms with Crippen molar-refractivity contribution in [1.82, 2.24) is 0 Å². The lowest BCUT2D eigenvalue weighted by Gasteiger charge is -2.09. The zero-order chi connectivity index (χ0) is 13.0. The second-order valence-corrected chi connectivity index (χ2v) is 3.77. The first kappa shape index (κ1) is 11.9. The van der Waals surface area contributed by atoms with Crippen LogP contribution in [0.5, 0.6) is 5.75 Å². The van der Waals surface area contributed by atoms with Crippen LogP contribution in [0.1, 0.15) is 15.9 Å². The molecule has 0 radical (unpaired) electrons. The molecule has 0 heterocycles. The van der Waals surface area contributed by atoms with Gasteiger partial charge in [-0.25, -0.2) is 0 Å². The maximum Gasteiger partial charge on any atom is 0.150 e. The van der Waals surface area contributed by atoms with E-state index >= 15 is 0 Å². The molecule has 0 saturated heterocycles. The summed E-state index contributed by atoms with van der Waals surface area (Å²) < 4.78 is 5.27. The molecule has 0 amide bonds. The summed E-state index contributed by atoms with van der Waals surface area (Å²) in [5.74, 6) is 0.677. The smallest absolute Gasteiger partial charge is 0.150 e. The minimum atomic E-state index is 0.575. The van der Waals surface area contributed by atoms with E-state index in [1.54, 1.807) is 43.5 Å². The molecule has 0 bridgehead atoms. The molecule has 0 atom stereocenters. The summed E-state index contributed by atoms with van der Waals surface area (Å²) in [6.07, 6.45) is 0.789. The summed E-state index contributed by atoms with van der Waals surface area (Å²) in [7, 11) is 1.58. The van der Waals surface area contributed by atoms with Crippen molar-refractivity contribution in [1.29, 1.82) is 5.26 Å². The highest BCUT2D eigenvalue weighted by molar-refractivity contribution is 5.81. The molecule has 0 saturated carbocycles. The predicted molar refractivity (Wildman–Crippen MR) is 68.5 cm³/mol. The van der Waals surface area contributed by atoms with Crippen LogP contribution in [0.3, 0.4) is 0 Å². The van der Waals surface area contributed by atoms with Crippen molar-refractivity contribution in [3.8, 4) is 22.9 Å². The first-order valence-corrected chi connectivity index (χ1v) is 5.42. The van der Waals surface area contributed by atoms with E-state index in [1.165, 1.54) is 0 Å². The zero-order valence-electron chi connectivity index (χ0n) is 9.88. The number of rotatable bonds is 3. The molecule has 0 aliphatic carbocycles. The van der Waals surface area contributed by atoms with Crippen molar-refractivity contribution in [2.24, 2.45) is 0 Å². The van der Waals surface area contributed by atoms with Crippen LogP contribution in [0.25, 0.3) is 11.1 Å². The van der Waals surface area contributed by atoms with Crippen LogP contribution in [-0.2, 0) is 0 Å². The second-order valence-electron chi connectivity index (χ2n) is 3.77. The van der Waals surface area contributed by atoms with Gasteiger partial charge in [0.15, 0.2) is 0 Å². The van der Waals surface area contributed by atoms with E-state index in [4.69, 9.17) is 10.00 Å². The molecule has 0 N–H and O–H groups in total. The van der Waals surface area contributed by atoms with E-state index in [0.717, 1.165) is 17.4 Å². The minimum absolute atomic E-state index is 0.575. The van der Waals surface area contributed by atoms with Crippen LogP contribution >= 0.6 is 0 Å². The van der Waals surface area contributed by atoms with E-state index in [2.05, 4.69) is 6.07 Å². The molecule has 0 unspecified atom stereocenters. The third kappa shape index (κ3) is 2.23. The van der Waals surface area contributed by atoms with Gasteiger partial charge in [0.25, 0.3) is 0 Å². The van der Waals surface area contributed by atoms with E-state index in [9.17, 15) is 4.79 Å². The lowest BCUT2D eigenvalue weighted by molar-refractivity contribution is 0.112. The third-order valence-corrected chi connectivity index (χ3v) is 2.66. The normalized spacial score (nSPS) is 9.56. The predicted octanol–water partition coefficient (Wildman–Crippen LogP) is 3.05. The van der Waals surface area contributed by atoms with Gasteiger partial charge < -0.3 is 4.74 Å². The molecule has 0 spiro atoms. The third-order valence-electron chi connectivity index (χ3n) is 2.66. The van der Waals surface area contributed by atoms with Crippen molar-refractivity contribution in [3.63, 3.8) is 0 Å². The Morgan fingerprint density at radius 3 is 2.72 bits per heavy atom. The van der Waals surface area contributed by atoms with Crippen LogP contribution in [0.2, 0.25) is 0 Å². The van der Waals surface area contributed by atoms with Gasteiger partial charge >= 0.3 is 0 Å². The molecule has 0 aliphatic rings. The van der Waals surface area contributed by atoms with Gasteiger partial charge in [-0.05, 0) is 35.9 Å².